The molecule has 6 heteroatoms. The number of anilines is 1. The first-order valence-electron chi connectivity index (χ1n) is 5.56. The van der Waals surface area contributed by atoms with Gasteiger partial charge in [0.15, 0.2) is 3.77 Å². The Bertz CT molecular complexity index is 595. The van der Waals surface area contributed by atoms with E-state index in [-0.39, 0.29) is 0 Å². The maximum absolute atomic E-state index is 11.2. The van der Waals surface area contributed by atoms with Crippen molar-refractivity contribution in [3.63, 3.8) is 0 Å². The average Bonchev–Trinajstić information content (AvgIpc) is 2.81. The van der Waals surface area contributed by atoms with Crippen molar-refractivity contribution in [3.05, 3.63) is 45.4 Å². The fraction of sp³-hybridized carbons (Fsp3) is 0.154. The Morgan fingerprint density at radius 2 is 2.21 bits per heavy atom. The summed E-state index contributed by atoms with van der Waals surface area (Å²) in [5.74, 6) is 0.973. The van der Waals surface area contributed by atoms with Gasteiger partial charge in [-0.05, 0) is 52.9 Å². The minimum absolute atomic E-state index is 0.428. The van der Waals surface area contributed by atoms with E-state index in [0.717, 1.165) is 9.53 Å². The smallest absolute Gasteiger partial charge is 0.248 e. The molecule has 0 fully saturated rings. The van der Waals surface area contributed by atoms with Crippen LogP contribution < -0.4 is 15.8 Å². The number of carbonyl (C=O) groups excluding carboxylic acids is 1. The fourth-order valence-electron chi connectivity index (χ4n) is 1.63. The standard InChI is InChI=1S/C13H13IN2O3/c1-18-11-4-2-8(13(15)17)6-10(11)16-7-9-3-5-12(14)19-9/h2-6,16H,7H2,1H3,(H2,15,17). The van der Waals surface area contributed by atoms with Gasteiger partial charge in [0.1, 0.15) is 11.5 Å². The molecule has 0 radical (unpaired) electrons. The summed E-state index contributed by atoms with van der Waals surface area (Å²) >= 11 is 2.10. The SMILES string of the molecule is COc1ccc(C(N)=O)cc1NCc1ccc(I)o1. The van der Waals surface area contributed by atoms with E-state index in [0.29, 0.717) is 23.5 Å². The zero-order valence-electron chi connectivity index (χ0n) is 10.3. The van der Waals surface area contributed by atoms with E-state index in [2.05, 4.69) is 27.9 Å². The van der Waals surface area contributed by atoms with Gasteiger partial charge in [-0.1, -0.05) is 0 Å². The monoisotopic (exact) mass is 372 g/mol. The molecule has 1 heterocycles. The van der Waals surface area contributed by atoms with Gasteiger partial charge in [0.05, 0.1) is 19.3 Å². The number of ether oxygens (including phenoxy) is 1. The summed E-state index contributed by atoms with van der Waals surface area (Å²) in [4.78, 5) is 11.2. The number of nitrogens with one attached hydrogen (secondary N) is 1. The van der Waals surface area contributed by atoms with Gasteiger partial charge in [0, 0.05) is 5.56 Å². The second-order valence-corrected chi connectivity index (χ2v) is 4.90. The summed E-state index contributed by atoms with van der Waals surface area (Å²) in [6.07, 6.45) is 0. The van der Waals surface area contributed by atoms with Crippen molar-refractivity contribution in [1.29, 1.82) is 0 Å². The third-order valence-electron chi connectivity index (χ3n) is 2.57. The Kier molecular flexibility index (Phi) is 4.31. The molecule has 0 saturated carbocycles. The number of carbonyl (C=O) groups is 1. The topological polar surface area (TPSA) is 77.5 Å². The molecule has 100 valence electrons. The highest BCUT2D eigenvalue weighted by Gasteiger charge is 2.08. The first-order chi connectivity index (χ1) is 9.10. The molecule has 1 aromatic heterocycles. The van der Waals surface area contributed by atoms with Gasteiger partial charge in [-0.25, -0.2) is 0 Å². The van der Waals surface area contributed by atoms with Crippen LogP contribution in [0.4, 0.5) is 5.69 Å². The van der Waals surface area contributed by atoms with Gasteiger partial charge < -0.3 is 20.2 Å². The lowest BCUT2D eigenvalue weighted by molar-refractivity contribution is 0.100. The molecule has 0 saturated heterocycles. The Hall–Kier alpha value is -1.70. The van der Waals surface area contributed by atoms with Crippen LogP contribution >= 0.6 is 22.6 Å². The summed E-state index contributed by atoms with van der Waals surface area (Å²) in [6, 6.07) is 8.76. The first kappa shape index (κ1) is 13.7. The Morgan fingerprint density at radius 3 is 2.79 bits per heavy atom. The van der Waals surface area contributed by atoms with Gasteiger partial charge in [-0.3, -0.25) is 4.79 Å². The summed E-state index contributed by atoms with van der Waals surface area (Å²) in [7, 11) is 1.57. The van der Waals surface area contributed by atoms with E-state index >= 15 is 0 Å². The van der Waals surface area contributed by atoms with Crippen molar-refractivity contribution in [1.82, 2.24) is 0 Å². The number of rotatable bonds is 5. The van der Waals surface area contributed by atoms with E-state index in [1.807, 2.05) is 12.1 Å². The molecule has 0 aliphatic carbocycles. The minimum Gasteiger partial charge on any atom is -0.495 e. The van der Waals surface area contributed by atoms with E-state index in [1.165, 1.54) is 0 Å². The number of furan rings is 1. The van der Waals surface area contributed by atoms with Gasteiger partial charge in [-0.15, -0.1) is 0 Å². The van der Waals surface area contributed by atoms with Crippen LogP contribution in [0, 0.1) is 3.77 Å². The van der Waals surface area contributed by atoms with Gasteiger partial charge in [0.25, 0.3) is 0 Å². The number of benzene rings is 1. The second-order valence-electron chi connectivity index (χ2n) is 3.84. The fourth-order valence-corrected chi connectivity index (χ4v) is 2.09. The second kappa shape index (κ2) is 5.96. The Morgan fingerprint density at radius 1 is 1.42 bits per heavy atom. The number of methoxy groups -OCH3 is 1. The predicted octanol–water partition coefficient (Wildman–Crippen LogP) is 2.60. The van der Waals surface area contributed by atoms with Crippen LogP contribution in [0.2, 0.25) is 0 Å². The molecule has 0 unspecified atom stereocenters. The van der Waals surface area contributed by atoms with Crippen molar-refractivity contribution in [2.45, 2.75) is 6.54 Å². The molecule has 1 aromatic carbocycles. The molecule has 5 nitrogen and oxygen atoms in total. The molecular formula is C13H13IN2O3. The summed E-state index contributed by atoms with van der Waals surface area (Å²) in [5, 5.41) is 3.16. The quantitative estimate of drug-likeness (QED) is 0.792. The van der Waals surface area contributed by atoms with Crippen molar-refractivity contribution in [2.75, 3.05) is 12.4 Å². The van der Waals surface area contributed by atoms with Crippen LogP contribution in [0.15, 0.2) is 34.7 Å². The third kappa shape index (κ3) is 3.40. The van der Waals surface area contributed by atoms with Crippen molar-refractivity contribution >= 4 is 34.2 Å². The number of primary amides is 1. The van der Waals surface area contributed by atoms with Crippen LogP contribution in [0.1, 0.15) is 16.1 Å². The van der Waals surface area contributed by atoms with Crippen LogP contribution in [-0.4, -0.2) is 13.0 Å². The van der Waals surface area contributed by atoms with Crippen LogP contribution in [0.5, 0.6) is 5.75 Å². The lowest BCUT2D eigenvalue weighted by atomic mass is 10.1. The van der Waals surface area contributed by atoms with E-state index < -0.39 is 5.91 Å². The molecular weight excluding hydrogens is 359 g/mol. The number of hydrogen-bond donors (Lipinski definition) is 2. The molecule has 2 rings (SSSR count). The molecule has 0 spiro atoms. The highest BCUT2D eigenvalue weighted by atomic mass is 127. The molecule has 0 aliphatic heterocycles. The Labute approximate surface area is 124 Å². The van der Waals surface area contributed by atoms with Gasteiger partial charge in [-0.2, -0.15) is 0 Å². The molecule has 3 N–H and O–H groups in total. The number of amides is 1. The molecule has 19 heavy (non-hydrogen) atoms. The lowest BCUT2D eigenvalue weighted by Crippen LogP contribution is -2.11. The average molecular weight is 372 g/mol. The molecule has 2 aromatic rings. The Balaban J connectivity index is 2.17. The lowest BCUT2D eigenvalue weighted by Gasteiger charge is -2.11. The molecule has 0 aliphatic rings. The summed E-state index contributed by atoms with van der Waals surface area (Å²) in [6.45, 7) is 0.502. The van der Waals surface area contributed by atoms with Gasteiger partial charge >= 0.3 is 0 Å². The van der Waals surface area contributed by atoms with E-state index in [4.69, 9.17) is 14.9 Å². The third-order valence-corrected chi connectivity index (χ3v) is 3.15. The normalized spacial score (nSPS) is 10.2. The van der Waals surface area contributed by atoms with E-state index in [9.17, 15) is 4.79 Å². The molecule has 0 bridgehead atoms. The number of hydrogen-bond acceptors (Lipinski definition) is 4. The van der Waals surface area contributed by atoms with Crippen LogP contribution in [0.3, 0.4) is 0 Å². The predicted molar refractivity (Wildman–Crippen MR) is 80.3 cm³/mol. The molecule has 1 amide bonds. The molecule has 0 atom stereocenters. The summed E-state index contributed by atoms with van der Waals surface area (Å²) < 4.78 is 11.5. The zero-order chi connectivity index (χ0) is 13.8. The van der Waals surface area contributed by atoms with Crippen LogP contribution in [-0.2, 0) is 6.54 Å². The zero-order valence-corrected chi connectivity index (χ0v) is 12.4. The van der Waals surface area contributed by atoms with Crippen molar-refractivity contribution in [2.24, 2.45) is 5.73 Å². The number of halogens is 1. The van der Waals surface area contributed by atoms with Crippen molar-refractivity contribution in [3.8, 4) is 5.75 Å². The van der Waals surface area contributed by atoms with Gasteiger partial charge in [0.2, 0.25) is 5.91 Å². The highest BCUT2D eigenvalue weighted by Crippen LogP contribution is 2.26. The first-order valence-corrected chi connectivity index (χ1v) is 6.64. The largest absolute Gasteiger partial charge is 0.495 e. The minimum atomic E-state index is -0.474. The van der Waals surface area contributed by atoms with E-state index in [1.54, 1.807) is 25.3 Å². The highest BCUT2D eigenvalue weighted by molar-refractivity contribution is 14.1. The number of nitrogens with two attached hydrogens (primary N) is 1. The maximum atomic E-state index is 11.2. The van der Waals surface area contributed by atoms with Crippen molar-refractivity contribution < 1.29 is 13.9 Å². The maximum Gasteiger partial charge on any atom is 0.248 e. The van der Waals surface area contributed by atoms with Crippen LogP contribution in [0.25, 0.3) is 0 Å². The summed E-state index contributed by atoms with van der Waals surface area (Å²) in [5.41, 5.74) is 6.39.